The maximum absolute atomic E-state index is 12.6. The summed E-state index contributed by atoms with van der Waals surface area (Å²) in [4.78, 5) is 16.5. The van der Waals surface area contributed by atoms with Gasteiger partial charge in [0.05, 0.1) is 19.8 Å². The molecule has 1 heterocycles. The zero-order valence-corrected chi connectivity index (χ0v) is 15.2. The highest BCUT2D eigenvalue weighted by molar-refractivity contribution is 6.29. The van der Waals surface area contributed by atoms with Crippen molar-refractivity contribution in [3.05, 3.63) is 41.2 Å². The van der Waals surface area contributed by atoms with Gasteiger partial charge in [-0.2, -0.15) is 0 Å². The SMILES string of the molecule is CCOc1cc(C(=O)Nc2ccnc(Cl)c2)cc(OCC)c1OCC. The molecule has 1 N–H and O–H groups in total. The number of anilines is 1. The van der Waals surface area contributed by atoms with Crippen molar-refractivity contribution in [1.82, 2.24) is 4.98 Å². The van der Waals surface area contributed by atoms with Gasteiger partial charge in [-0.05, 0) is 45.0 Å². The molecule has 2 aromatic rings. The number of ether oxygens (including phenoxy) is 3. The average Bonchev–Trinajstić information content (AvgIpc) is 2.58. The molecule has 7 heteroatoms. The van der Waals surface area contributed by atoms with Gasteiger partial charge in [0.25, 0.3) is 5.91 Å². The first kappa shape index (κ1) is 18.9. The molecule has 6 nitrogen and oxygen atoms in total. The Bertz CT molecular complexity index is 710. The van der Waals surface area contributed by atoms with E-state index >= 15 is 0 Å². The highest BCUT2D eigenvalue weighted by Crippen LogP contribution is 2.39. The minimum atomic E-state index is -0.313. The number of carbonyl (C=O) groups is 1. The van der Waals surface area contributed by atoms with Crippen molar-refractivity contribution in [3.63, 3.8) is 0 Å². The molecule has 1 amide bonds. The van der Waals surface area contributed by atoms with Crippen LogP contribution in [0, 0.1) is 0 Å². The lowest BCUT2D eigenvalue weighted by Gasteiger charge is -2.17. The van der Waals surface area contributed by atoms with Crippen molar-refractivity contribution < 1.29 is 19.0 Å². The molecule has 1 aromatic carbocycles. The van der Waals surface area contributed by atoms with Gasteiger partial charge in [0.2, 0.25) is 5.75 Å². The maximum atomic E-state index is 12.6. The fraction of sp³-hybridized carbons (Fsp3) is 0.333. The van der Waals surface area contributed by atoms with Crippen LogP contribution in [0.15, 0.2) is 30.5 Å². The van der Waals surface area contributed by atoms with Crippen LogP contribution >= 0.6 is 11.6 Å². The van der Waals surface area contributed by atoms with Gasteiger partial charge in [0, 0.05) is 17.4 Å². The Labute approximate surface area is 152 Å². The van der Waals surface area contributed by atoms with Crippen LogP contribution in [0.2, 0.25) is 5.15 Å². The van der Waals surface area contributed by atoms with Crippen LogP contribution in [-0.2, 0) is 0 Å². The third-order valence-electron chi connectivity index (χ3n) is 3.16. The highest BCUT2D eigenvalue weighted by atomic mass is 35.5. The third-order valence-corrected chi connectivity index (χ3v) is 3.36. The minimum Gasteiger partial charge on any atom is -0.490 e. The molecule has 0 spiro atoms. The van der Waals surface area contributed by atoms with E-state index in [0.29, 0.717) is 53.5 Å². The normalized spacial score (nSPS) is 10.2. The standard InChI is InChI=1S/C18H21ClN2O4/c1-4-23-14-9-12(10-15(24-5-2)17(14)25-6-3)18(22)21-13-7-8-20-16(19)11-13/h7-11H,4-6H2,1-3H3,(H,20,21,22). The fourth-order valence-electron chi connectivity index (χ4n) is 2.20. The molecule has 0 saturated heterocycles. The number of carbonyl (C=O) groups excluding carboxylic acids is 1. The lowest BCUT2D eigenvalue weighted by Crippen LogP contribution is -2.13. The Kier molecular flexibility index (Phi) is 6.89. The van der Waals surface area contributed by atoms with E-state index in [1.165, 1.54) is 6.20 Å². The lowest BCUT2D eigenvalue weighted by molar-refractivity contribution is 0.102. The van der Waals surface area contributed by atoms with Crippen LogP contribution in [0.25, 0.3) is 0 Å². The van der Waals surface area contributed by atoms with Crippen molar-refractivity contribution in [2.45, 2.75) is 20.8 Å². The smallest absolute Gasteiger partial charge is 0.255 e. The Morgan fingerprint density at radius 3 is 2.16 bits per heavy atom. The molecule has 0 unspecified atom stereocenters. The van der Waals surface area contributed by atoms with Crippen LogP contribution in [0.5, 0.6) is 17.2 Å². The van der Waals surface area contributed by atoms with E-state index in [2.05, 4.69) is 10.3 Å². The number of halogens is 1. The van der Waals surface area contributed by atoms with Crippen molar-refractivity contribution in [2.24, 2.45) is 0 Å². The number of pyridine rings is 1. The van der Waals surface area contributed by atoms with Crippen LogP contribution < -0.4 is 19.5 Å². The van der Waals surface area contributed by atoms with Crippen molar-refractivity contribution in [1.29, 1.82) is 0 Å². The summed E-state index contributed by atoms with van der Waals surface area (Å²) in [6.07, 6.45) is 1.52. The van der Waals surface area contributed by atoms with Crippen molar-refractivity contribution in [2.75, 3.05) is 25.1 Å². The lowest BCUT2D eigenvalue weighted by atomic mass is 10.1. The second-order valence-electron chi connectivity index (χ2n) is 4.92. The fourth-order valence-corrected chi connectivity index (χ4v) is 2.38. The van der Waals surface area contributed by atoms with Crippen LogP contribution in [0.4, 0.5) is 5.69 Å². The number of rotatable bonds is 8. The van der Waals surface area contributed by atoms with Gasteiger partial charge in [-0.1, -0.05) is 11.6 Å². The zero-order chi connectivity index (χ0) is 18.2. The predicted octanol–water partition coefficient (Wildman–Crippen LogP) is 4.18. The minimum absolute atomic E-state index is 0.300. The predicted molar refractivity (Wildman–Crippen MR) is 97.1 cm³/mol. The number of nitrogens with zero attached hydrogens (tertiary/aromatic N) is 1. The molecular weight excluding hydrogens is 344 g/mol. The first-order chi connectivity index (χ1) is 12.1. The monoisotopic (exact) mass is 364 g/mol. The highest BCUT2D eigenvalue weighted by Gasteiger charge is 2.18. The molecule has 0 aliphatic carbocycles. The Balaban J connectivity index is 2.36. The number of aromatic nitrogens is 1. The first-order valence-corrected chi connectivity index (χ1v) is 8.46. The van der Waals surface area contributed by atoms with Gasteiger partial charge in [-0.3, -0.25) is 4.79 Å². The molecule has 0 atom stereocenters. The Morgan fingerprint density at radius 1 is 1.04 bits per heavy atom. The van der Waals surface area contributed by atoms with Gasteiger partial charge in [-0.15, -0.1) is 0 Å². The maximum Gasteiger partial charge on any atom is 0.255 e. The molecule has 0 saturated carbocycles. The topological polar surface area (TPSA) is 69.7 Å². The quantitative estimate of drug-likeness (QED) is 0.711. The Morgan fingerprint density at radius 2 is 1.64 bits per heavy atom. The Hall–Kier alpha value is -2.47. The van der Waals surface area contributed by atoms with Crippen molar-refractivity contribution in [3.8, 4) is 17.2 Å². The van der Waals surface area contributed by atoms with Gasteiger partial charge in [-0.25, -0.2) is 4.98 Å². The van der Waals surface area contributed by atoms with Crippen LogP contribution in [0.1, 0.15) is 31.1 Å². The van der Waals surface area contributed by atoms with E-state index in [4.69, 9.17) is 25.8 Å². The third kappa shape index (κ3) is 5.00. The molecule has 0 aliphatic heterocycles. The largest absolute Gasteiger partial charge is 0.490 e. The van der Waals surface area contributed by atoms with Crippen LogP contribution in [-0.4, -0.2) is 30.7 Å². The number of benzene rings is 1. The summed E-state index contributed by atoms with van der Waals surface area (Å²) in [5.74, 6) is 1.11. The number of hydrogen-bond donors (Lipinski definition) is 1. The molecule has 2 rings (SSSR count). The molecule has 1 aromatic heterocycles. The van der Waals surface area contributed by atoms with Gasteiger partial charge >= 0.3 is 0 Å². The van der Waals surface area contributed by atoms with E-state index in [0.717, 1.165) is 0 Å². The van der Waals surface area contributed by atoms with E-state index in [1.54, 1.807) is 24.3 Å². The van der Waals surface area contributed by atoms with E-state index < -0.39 is 0 Å². The van der Waals surface area contributed by atoms with Gasteiger partial charge < -0.3 is 19.5 Å². The summed E-state index contributed by atoms with van der Waals surface area (Å²) in [5.41, 5.74) is 0.943. The summed E-state index contributed by atoms with van der Waals surface area (Å²) >= 11 is 5.84. The molecular formula is C18H21ClN2O4. The summed E-state index contributed by atoms with van der Waals surface area (Å²) in [6, 6.07) is 6.50. The second kappa shape index (κ2) is 9.13. The van der Waals surface area contributed by atoms with Crippen LogP contribution in [0.3, 0.4) is 0 Å². The van der Waals surface area contributed by atoms with Gasteiger partial charge in [0.15, 0.2) is 11.5 Å². The molecule has 134 valence electrons. The van der Waals surface area contributed by atoms with E-state index in [9.17, 15) is 4.79 Å². The zero-order valence-electron chi connectivity index (χ0n) is 14.5. The summed E-state index contributed by atoms with van der Waals surface area (Å²) in [6.45, 7) is 6.94. The summed E-state index contributed by atoms with van der Waals surface area (Å²) in [5, 5.41) is 3.07. The molecule has 0 radical (unpaired) electrons. The van der Waals surface area contributed by atoms with Gasteiger partial charge in [0.1, 0.15) is 5.15 Å². The number of hydrogen-bond acceptors (Lipinski definition) is 5. The molecule has 0 bridgehead atoms. The summed E-state index contributed by atoms with van der Waals surface area (Å²) in [7, 11) is 0. The second-order valence-corrected chi connectivity index (χ2v) is 5.31. The molecule has 0 aliphatic rings. The first-order valence-electron chi connectivity index (χ1n) is 8.08. The van der Waals surface area contributed by atoms with E-state index in [-0.39, 0.29) is 5.91 Å². The number of nitrogens with one attached hydrogen (secondary N) is 1. The molecule has 25 heavy (non-hydrogen) atoms. The number of amides is 1. The summed E-state index contributed by atoms with van der Waals surface area (Å²) < 4.78 is 16.9. The van der Waals surface area contributed by atoms with Crippen molar-refractivity contribution >= 4 is 23.2 Å². The molecule has 0 fully saturated rings. The average molecular weight is 365 g/mol. The van der Waals surface area contributed by atoms with E-state index in [1.807, 2.05) is 20.8 Å².